The Morgan fingerprint density at radius 2 is 1.97 bits per heavy atom. The van der Waals surface area contributed by atoms with E-state index in [4.69, 9.17) is 9.72 Å². The Kier molecular flexibility index (Phi) is 7.78. The van der Waals surface area contributed by atoms with Crippen LogP contribution in [0, 0.1) is 16.7 Å². The van der Waals surface area contributed by atoms with Gasteiger partial charge >= 0.3 is 0 Å². The summed E-state index contributed by atoms with van der Waals surface area (Å²) in [6.07, 6.45) is 20.0. The van der Waals surface area contributed by atoms with Crippen molar-refractivity contribution in [1.82, 2.24) is 14.5 Å². The van der Waals surface area contributed by atoms with Gasteiger partial charge in [-0.05, 0) is 62.2 Å². The van der Waals surface area contributed by atoms with E-state index < -0.39 is 5.41 Å². The van der Waals surface area contributed by atoms with E-state index in [0.29, 0.717) is 18.9 Å². The van der Waals surface area contributed by atoms with Crippen LogP contribution in [0.4, 0.5) is 0 Å². The van der Waals surface area contributed by atoms with Gasteiger partial charge in [-0.1, -0.05) is 30.9 Å². The molecule has 0 radical (unpaired) electrons. The van der Waals surface area contributed by atoms with Gasteiger partial charge in [0.15, 0.2) is 0 Å². The zero-order valence-corrected chi connectivity index (χ0v) is 21.4. The molecule has 0 amide bonds. The molecule has 192 valence electrons. The van der Waals surface area contributed by atoms with Crippen LogP contribution >= 0.6 is 0 Å². The van der Waals surface area contributed by atoms with Crippen molar-refractivity contribution in [2.75, 3.05) is 32.8 Å². The Bertz CT molecular complexity index is 1280. The average Bonchev–Trinajstić information content (AvgIpc) is 3.24. The minimum atomic E-state index is -0.531. The minimum absolute atomic E-state index is 0.0115. The molecule has 4 heterocycles. The van der Waals surface area contributed by atoms with Crippen molar-refractivity contribution in [3.8, 4) is 6.07 Å². The second kappa shape index (κ2) is 11.4. The van der Waals surface area contributed by atoms with E-state index in [0.717, 1.165) is 87.0 Å². The lowest BCUT2D eigenvalue weighted by Crippen LogP contribution is -2.43. The molecule has 7 heteroatoms. The van der Waals surface area contributed by atoms with Crippen LogP contribution in [0.5, 0.6) is 0 Å². The van der Waals surface area contributed by atoms with Gasteiger partial charge in [-0.25, -0.2) is 4.98 Å². The van der Waals surface area contributed by atoms with Crippen molar-refractivity contribution in [1.29, 1.82) is 5.26 Å². The Morgan fingerprint density at radius 3 is 2.73 bits per heavy atom. The average molecular weight is 498 g/mol. The Labute approximate surface area is 218 Å². The summed E-state index contributed by atoms with van der Waals surface area (Å²) in [5.41, 5.74) is 4.16. The van der Waals surface area contributed by atoms with Crippen molar-refractivity contribution in [2.45, 2.75) is 51.0 Å². The predicted octanol–water partition coefficient (Wildman–Crippen LogP) is 4.77. The van der Waals surface area contributed by atoms with E-state index in [9.17, 15) is 10.1 Å². The first-order chi connectivity index (χ1) is 18.1. The summed E-state index contributed by atoms with van der Waals surface area (Å²) in [5.74, 6) is 0. The predicted molar refractivity (Wildman–Crippen MR) is 146 cm³/mol. The van der Waals surface area contributed by atoms with Crippen molar-refractivity contribution < 1.29 is 4.74 Å². The number of hydrogen-bond donors (Lipinski definition) is 0. The number of ether oxygens (including phenoxy) is 1. The molecule has 1 aliphatic carbocycles. The minimum Gasteiger partial charge on any atom is -0.381 e. The molecule has 4 aliphatic rings. The first-order valence-corrected chi connectivity index (χ1v) is 13.4. The normalized spacial score (nSPS) is 22.4. The van der Waals surface area contributed by atoms with E-state index in [1.54, 1.807) is 17.0 Å². The lowest BCUT2D eigenvalue weighted by atomic mass is 9.75. The standard InChI is InChI=1S/C30H35N5O2/c1-23(20-34-15-12-30(21-31,13-16-34)28-9-3-2-6-14-32-28)25-7-4-5-8-26(25)27-19-29(36)35(22-33-27)24-10-17-37-18-11-24/h3,6-9,14,19,22,24H,1-2,4-5,10-13,15-18,20H2. The van der Waals surface area contributed by atoms with E-state index in [-0.39, 0.29) is 11.6 Å². The Morgan fingerprint density at radius 1 is 1.19 bits per heavy atom. The third-order valence-corrected chi connectivity index (χ3v) is 7.93. The quantitative estimate of drug-likeness (QED) is 0.565. The highest BCUT2D eigenvalue weighted by Crippen LogP contribution is 2.36. The SMILES string of the molecule is C=C(CN1CCC(C#N)(C2=NC=CCC=C2)CC1)C1=CCCC=C1c1cc(=O)n(C2CCOCC2)cn1. The number of aromatic nitrogens is 2. The van der Waals surface area contributed by atoms with Gasteiger partial charge in [0.05, 0.1) is 23.8 Å². The van der Waals surface area contributed by atoms with Crippen molar-refractivity contribution in [3.05, 3.63) is 82.7 Å². The molecule has 0 N–H and O–H groups in total. The van der Waals surface area contributed by atoms with E-state index >= 15 is 0 Å². The van der Waals surface area contributed by atoms with Crippen LogP contribution in [0.15, 0.2) is 76.5 Å². The lowest BCUT2D eigenvalue weighted by molar-refractivity contribution is 0.0683. The van der Waals surface area contributed by atoms with Gasteiger partial charge < -0.3 is 4.74 Å². The maximum absolute atomic E-state index is 13.0. The monoisotopic (exact) mass is 497 g/mol. The van der Waals surface area contributed by atoms with Crippen LogP contribution in [0.1, 0.15) is 56.7 Å². The summed E-state index contributed by atoms with van der Waals surface area (Å²) in [6.45, 7) is 8.16. The molecule has 0 atom stereocenters. The van der Waals surface area contributed by atoms with Crippen molar-refractivity contribution in [3.63, 3.8) is 0 Å². The fourth-order valence-electron chi connectivity index (χ4n) is 5.70. The van der Waals surface area contributed by atoms with Crippen molar-refractivity contribution >= 4 is 11.3 Å². The Hall–Kier alpha value is -3.34. The first kappa shape index (κ1) is 25.3. The van der Waals surface area contributed by atoms with Gasteiger partial charge in [-0.15, -0.1) is 0 Å². The second-order valence-electron chi connectivity index (χ2n) is 10.3. The number of nitriles is 1. The van der Waals surface area contributed by atoms with Crippen LogP contribution in [0.3, 0.4) is 0 Å². The molecule has 1 aromatic rings. The highest BCUT2D eigenvalue weighted by atomic mass is 16.5. The molecule has 5 rings (SSSR count). The number of nitrogens with zero attached hydrogens (tertiary/aromatic N) is 5. The number of likely N-dealkylation sites (tertiary alicyclic amines) is 1. The molecule has 0 spiro atoms. The van der Waals surface area contributed by atoms with Crippen LogP contribution in [0.25, 0.3) is 5.57 Å². The fourth-order valence-corrected chi connectivity index (χ4v) is 5.70. The molecule has 0 saturated carbocycles. The Balaban J connectivity index is 1.26. The van der Waals surface area contributed by atoms with Crippen LogP contribution in [0.2, 0.25) is 0 Å². The summed E-state index contributed by atoms with van der Waals surface area (Å²) in [7, 11) is 0. The molecule has 2 fully saturated rings. The van der Waals surface area contributed by atoms with Gasteiger partial charge in [-0.3, -0.25) is 19.3 Å². The maximum Gasteiger partial charge on any atom is 0.254 e. The highest BCUT2D eigenvalue weighted by Gasteiger charge is 2.38. The van der Waals surface area contributed by atoms with Crippen LogP contribution in [-0.2, 0) is 4.74 Å². The molecular weight excluding hydrogens is 462 g/mol. The van der Waals surface area contributed by atoms with Gasteiger partial charge in [0, 0.05) is 56.7 Å². The molecule has 7 nitrogen and oxygen atoms in total. The largest absolute Gasteiger partial charge is 0.381 e. The number of allylic oxidation sites excluding steroid dienone is 6. The summed E-state index contributed by atoms with van der Waals surface area (Å²) < 4.78 is 7.20. The van der Waals surface area contributed by atoms with E-state index in [2.05, 4.69) is 40.8 Å². The van der Waals surface area contributed by atoms with Crippen LogP contribution in [-0.4, -0.2) is 53.0 Å². The molecule has 2 saturated heterocycles. The molecule has 3 aliphatic heterocycles. The number of rotatable bonds is 6. The van der Waals surface area contributed by atoms with Gasteiger partial charge in [0.2, 0.25) is 0 Å². The number of hydrogen-bond acceptors (Lipinski definition) is 6. The highest BCUT2D eigenvalue weighted by molar-refractivity contribution is 6.02. The molecule has 0 bridgehead atoms. The summed E-state index contributed by atoms with van der Waals surface area (Å²) >= 11 is 0. The van der Waals surface area contributed by atoms with Crippen molar-refractivity contribution in [2.24, 2.45) is 10.4 Å². The van der Waals surface area contributed by atoms with Crippen LogP contribution < -0.4 is 5.56 Å². The zero-order valence-electron chi connectivity index (χ0n) is 21.4. The molecule has 37 heavy (non-hydrogen) atoms. The van der Waals surface area contributed by atoms with E-state index in [1.165, 1.54) is 0 Å². The smallest absolute Gasteiger partial charge is 0.254 e. The van der Waals surface area contributed by atoms with Gasteiger partial charge in [0.25, 0.3) is 5.56 Å². The third-order valence-electron chi connectivity index (χ3n) is 7.93. The van der Waals surface area contributed by atoms with E-state index in [1.807, 2.05) is 18.4 Å². The summed E-state index contributed by atoms with van der Waals surface area (Å²) in [4.78, 5) is 24.6. The lowest BCUT2D eigenvalue weighted by Gasteiger charge is -2.38. The molecule has 0 aromatic carbocycles. The first-order valence-electron chi connectivity index (χ1n) is 13.4. The summed E-state index contributed by atoms with van der Waals surface area (Å²) in [5, 5.41) is 10.1. The third kappa shape index (κ3) is 5.51. The number of aliphatic imine (C=N–C) groups is 1. The second-order valence-corrected chi connectivity index (χ2v) is 10.3. The molecule has 0 unspecified atom stereocenters. The van der Waals surface area contributed by atoms with Gasteiger partial charge in [-0.2, -0.15) is 5.26 Å². The summed E-state index contributed by atoms with van der Waals surface area (Å²) in [6, 6.07) is 4.41. The van der Waals surface area contributed by atoms with Gasteiger partial charge in [0.1, 0.15) is 5.41 Å². The fraction of sp³-hybridized carbons (Fsp3) is 0.467. The number of piperidine rings is 1. The molecular formula is C30H35N5O2. The maximum atomic E-state index is 13.0. The zero-order chi connectivity index (χ0) is 25.7. The molecule has 1 aromatic heterocycles. The topological polar surface area (TPSA) is 83.5 Å².